The van der Waals surface area contributed by atoms with Crippen LogP contribution in [0.5, 0.6) is 0 Å². The van der Waals surface area contributed by atoms with Gasteiger partial charge in [0.2, 0.25) is 5.90 Å². The number of aromatic nitrogens is 4. The molecule has 10 heteroatoms. The Bertz CT molecular complexity index is 1490. The fourth-order valence-corrected chi connectivity index (χ4v) is 4.36. The zero-order chi connectivity index (χ0) is 24.5. The standard InChI is InChI=1S/C25H24ClN7O2/c1-3-17(31-22-20(21(27)28-13-29-22)24-30-14(2)12-35-24)23-32-18-11-7-10-16(26)19(18)25(34)33(23)15-8-5-4-6-9-15/h4-11,13-14,17H,3,12H2,1-2H3,(H3,27,28,29,31)/t14-,17-/m0/s1. The molecule has 4 aromatic rings. The number of aliphatic imine (C=N–C) groups is 1. The zero-order valence-corrected chi connectivity index (χ0v) is 20.0. The highest BCUT2D eigenvalue weighted by atomic mass is 35.5. The van der Waals surface area contributed by atoms with Crippen LogP contribution in [0.2, 0.25) is 5.02 Å². The molecule has 0 radical (unpaired) electrons. The largest absolute Gasteiger partial charge is 0.475 e. The molecule has 0 saturated carbocycles. The molecule has 5 rings (SSSR count). The minimum Gasteiger partial charge on any atom is -0.475 e. The van der Waals surface area contributed by atoms with Crippen LogP contribution in [0.1, 0.15) is 37.7 Å². The van der Waals surface area contributed by atoms with Crippen LogP contribution in [0.3, 0.4) is 0 Å². The highest BCUT2D eigenvalue weighted by Crippen LogP contribution is 2.29. The van der Waals surface area contributed by atoms with E-state index in [2.05, 4.69) is 20.3 Å². The van der Waals surface area contributed by atoms with Crippen LogP contribution >= 0.6 is 11.6 Å². The van der Waals surface area contributed by atoms with Gasteiger partial charge in [-0.05, 0) is 37.6 Å². The quantitative estimate of drug-likeness (QED) is 0.417. The Balaban J connectivity index is 1.69. The molecule has 0 spiro atoms. The number of fused-ring (bicyclic) bond motifs is 1. The number of halogens is 1. The fourth-order valence-electron chi connectivity index (χ4n) is 4.11. The normalized spacial score (nSPS) is 16.1. The molecule has 0 saturated heterocycles. The molecule has 0 aliphatic carbocycles. The number of nitrogens with zero attached hydrogens (tertiary/aromatic N) is 5. The lowest BCUT2D eigenvalue weighted by Gasteiger charge is -2.23. The minimum atomic E-state index is -0.404. The zero-order valence-electron chi connectivity index (χ0n) is 19.3. The lowest BCUT2D eigenvalue weighted by Crippen LogP contribution is -2.29. The van der Waals surface area contributed by atoms with Crippen LogP contribution in [0.4, 0.5) is 11.6 Å². The molecule has 1 aliphatic rings. The molecular weight excluding hydrogens is 466 g/mol. The Morgan fingerprint density at radius 1 is 1.20 bits per heavy atom. The molecule has 9 nitrogen and oxygen atoms in total. The summed E-state index contributed by atoms with van der Waals surface area (Å²) in [6.07, 6.45) is 1.98. The summed E-state index contributed by atoms with van der Waals surface area (Å²) in [6, 6.07) is 14.2. The molecular formula is C25H24ClN7O2. The van der Waals surface area contributed by atoms with Gasteiger partial charge in [-0.3, -0.25) is 9.36 Å². The van der Waals surface area contributed by atoms with E-state index in [1.54, 1.807) is 22.8 Å². The monoisotopic (exact) mass is 489 g/mol. The van der Waals surface area contributed by atoms with E-state index < -0.39 is 6.04 Å². The van der Waals surface area contributed by atoms with E-state index in [0.29, 0.717) is 57.7 Å². The summed E-state index contributed by atoms with van der Waals surface area (Å²) >= 11 is 6.41. The summed E-state index contributed by atoms with van der Waals surface area (Å²) < 4.78 is 7.33. The van der Waals surface area contributed by atoms with Crippen LogP contribution in [-0.4, -0.2) is 38.1 Å². The second-order valence-corrected chi connectivity index (χ2v) is 8.67. The number of nitrogens with two attached hydrogens (primary N) is 1. The molecule has 3 N–H and O–H groups in total. The van der Waals surface area contributed by atoms with Gasteiger partial charge in [0.15, 0.2) is 0 Å². The van der Waals surface area contributed by atoms with Crippen LogP contribution in [0.15, 0.2) is 64.6 Å². The Hall–Kier alpha value is -3.98. The van der Waals surface area contributed by atoms with Crippen molar-refractivity contribution in [1.29, 1.82) is 0 Å². The van der Waals surface area contributed by atoms with Gasteiger partial charge in [0, 0.05) is 0 Å². The molecule has 0 bridgehead atoms. The van der Waals surface area contributed by atoms with Gasteiger partial charge in [0.05, 0.1) is 33.7 Å². The van der Waals surface area contributed by atoms with Gasteiger partial charge < -0.3 is 15.8 Å². The van der Waals surface area contributed by atoms with Crippen molar-refractivity contribution in [3.63, 3.8) is 0 Å². The molecule has 0 fully saturated rings. The number of rotatable bonds is 6. The maximum absolute atomic E-state index is 13.7. The van der Waals surface area contributed by atoms with Crippen LogP contribution < -0.4 is 16.6 Å². The number of hydrogen-bond acceptors (Lipinski definition) is 8. The van der Waals surface area contributed by atoms with Crippen LogP contribution in [-0.2, 0) is 4.74 Å². The van der Waals surface area contributed by atoms with Crippen molar-refractivity contribution in [2.24, 2.45) is 4.99 Å². The summed E-state index contributed by atoms with van der Waals surface area (Å²) in [5.41, 5.74) is 7.65. The topological polar surface area (TPSA) is 120 Å². The average molecular weight is 490 g/mol. The maximum Gasteiger partial charge on any atom is 0.267 e. The van der Waals surface area contributed by atoms with Gasteiger partial charge in [0.25, 0.3) is 5.56 Å². The number of benzene rings is 2. The lowest BCUT2D eigenvalue weighted by atomic mass is 10.1. The van der Waals surface area contributed by atoms with E-state index in [9.17, 15) is 4.79 Å². The molecule has 178 valence electrons. The molecule has 2 aromatic carbocycles. The smallest absolute Gasteiger partial charge is 0.267 e. The SMILES string of the molecule is CC[C@H](Nc1ncnc(N)c1C1=N[C@@H](C)CO1)c1nc2cccc(Cl)c2c(=O)n1-c1ccccc1. The lowest BCUT2D eigenvalue weighted by molar-refractivity contribution is 0.324. The third-order valence-corrected chi connectivity index (χ3v) is 6.12. The second kappa shape index (κ2) is 9.34. The van der Waals surface area contributed by atoms with Crippen LogP contribution in [0.25, 0.3) is 16.6 Å². The van der Waals surface area contributed by atoms with Gasteiger partial charge >= 0.3 is 0 Å². The predicted molar refractivity (Wildman–Crippen MR) is 137 cm³/mol. The molecule has 2 aromatic heterocycles. The maximum atomic E-state index is 13.7. The van der Waals surface area contributed by atoms with E-state index in [1.807, 2.05) is 44.2 Å². The number of para-hydroxylation sites is 1. The first-order chi connectivity index (χ1) is 17.0. The average Bonchev–Trinajstić information content (AvgIpc) is 3.28. The number of hydrogen-bond donors (Lipinski definition) is 2. The summed E-state index contributed by atoms with van der Waals surface area (Å²) in [7, 11) is 0. The fraction of sp³-hybridized carbons (Fsp3) is 0.240. The van der Waals surface area contributed by atoms with Gasteiger partial charge in [0.1, 0.15) is 36.0 Å². The molecule has 35 heavy (non-hydrogen) atoms. The number of nitrogen functional groups attached to an aromatic ring is 1. The van der Waals surface area contributed by atoms with Crippen molar-refractivity contribution in [1.82, 2.24) is 19.5 Å². The van der Waals surface area contributed by atoms with Crippen molar-refractivity contribution in [3.05, 3.63) is 81.6 Å². The van der Waals surface area contributed by atoms with E-state index in [0.717, 1.165) is 0 Å². The third kappa shape index (κ3) is 4.19. The molecule has 2 atom stereocenters. The van der Waals surface area contributed by atoms with Crippen molar-refractivity contribution in [2.75, 3.05) is 17.7 Å². The number of nitrogens with one attached hydrogen (secondary N) is 1. The Labute approximate surface area is 206 Å². The van der Waals surface area contributed by atoms with Crippen LogP contribution in [0, 0.1) is 0 Å². The summed E-state index contributed by atoms with van der Waals surface area (Å²) in [4.78, 5) is 31.7. The Morgan fingerprint density at radius 3 is 2.71 bits per heavy atom. The van der Waals surface area contributed by atoms with Crippen molar-refractivity contribution >= 4 is 40.0 Å². The van der Waals surface area contributed by atoms with Gasteiger partial charge in [-0.1, -0.05) is 42.8 Å². The van der Waals surface area contributed by atoms with Crippen molar-refractivity contribution in [2.45, 2.75) is 32.4 Å². The first kappa shape index (κ1) is 22.8. The minimum absolute atomic E-state index is 0.00888. The number of ether oxygens (including phenoxy) is 1. The Kier molecular flexibility index (Phi) is 6.08. The van der Waals surface area contributed by atoms with Crippen molar-refractivity contribution < 1.29 is 4.74 Å². The highest BCUT2D eigenvalue weighted by molar-refractivity contribution is 6.35. The van der Waals surface area contributed by atoms with E-state index in [4.69, 9.17) is 27.1 Å². The summed E-state index contributed by atoms with van der Waals surface area (Å²) in [6.45, 7) is 4.41. The number of anilines is 2. The first-order valence-corrected chi connectivity index (χ1v) is 11.7. The third-order valence-electron chi connectivity index (χ3n) is 5.81. The van der Waals surface area contributed by atoms with Gasteiger partial charge in [-0.15, -0.1) is 0 Å². The second-order valence-electron chi connectivity index (χ2n) is 8.26. The van der Waals surface area contributed by atoms with Gasteiger partial charge in [-0.2, -0.15) is 0 Å². The molecule has 1 aliphatic heterocycles. The summed E-state index contributed by atoms with van der Waals surface area (Å²) in [5, 5.41) is 4.14. The molecule has 3 heterocycles. The van der Waals surface area contributed by atoms with Crippen molar-refractivity contribution in [3.8, 4) is 5.69 Å². The molecule has 0 amide bonds. The Morgan fingerprint density at radius 2 is 2.00 bits per heavy atom. The van der Waals surface area contributed by atoms with E-state index >= 15 is 0 Å². The van der Waals surface area contributed by atoms with E-state index in [1.165, 1.54) is 6.33 Å². The van der Waals surface area contributed by atoms with E-state index in [-0.39, 0.29) is 17.4 Å². The summed E-state index contributed by atoms with van der Waals surface area (Å²) in [5.74, 6) is 1.62. The predicted octanol–water partition coefficient (Wildman–Crippen LogP) is 4.14. The highest BCUT2D eigenvalue weighted by Gasteiger charge is 2.27. The molecule has 0 unspecified atom stereocenters. The van der Waals surface area contributed by atoms with Gasteiger partial charge in [-0.25, -0.2) is 19.9 Å². The first-order valence-electron chi connectivity index (χ1n) is 11.3.